The molecule has 7 heteroatoms. The van der Waals surface area contributed by atoms with Gasteiger partial charge < -0.3 is 9.80 Å². The first-order valence-corrected chi connectivity index (χ1v) is 10.2. The molecule has 0 spiro atoms. The van der Waals surface area contributed by atoms with Crippen LogP contribution in [0.2, 0.25) is 5.02 Å². The summed E-state index contributed by atoms with van der Waals surface area (Å²) < 4.78 is 2.13. The average Bonchev–Trinajstić information content (AvgIpc) is 3.18. The first-order valence-electron chi connectivity index (χ1n) is 9.85. The van der Waals surface area contributed by atoms with Crippen LogP contribution in [0.25, 0.3) is 0 Å². The maximum Gasteiger partial charge on any atom is 0.209 e. The van der Waals surface area contributed by atoms with E-state index in [0.29, 0.717) is 12.1 Å². The van der Waals surface area contributed by atoms with Gasteiger partial charge in [-0.15, -0.1) is 5.10 Å². The first-order chi connectivity index (χ1) is 12.7. The van der Waals surface area contributed by atoms with Crippen LogP contribution in [0.4, 0.5) is 5.69 Å². The number of quaternary nitrogens is 1. The lowest BCUT2D eigenvalue weighted by molar-refractivity contribution is -0.931. The normalized spacial score (nSPS) is 21.1. The molecule has 0 radical (unpaired) electrons. The van der Waals surface area contributed by atoms with E-state index >= 15 is 0 Å². The monoisotopic (exact) mass is 375 g/mol. The number of halogens is 1. The minimum Gasteiger partial charge on any atom is -0.360 e. The summed E-state index contributed by atoms with van der Waals surface area (Å²) in [6, 6.07) is 8.97. The predicted octanol–water partition coefficient (Wildman–Crippen LogP) is 2.30. The van der Waals surface area contributed by atoms with Crippen molar-refractivity contribution in [2.75, 3.05) is 31.1 Å². The second kappa shape index (κ2) is 7.92. The Hall–Kier alpha value is -1.66. The number of nitrogens with one attached hydrogen (secondary N) is 1. The van der Waals surface area contributed by atoms with Crippen LogP contribution in [-0.4, -0.2) is 46.4 Å². The van der Waals surface area contributed by atoms with Crippen LogP contribution in [0, 0.1) is 0 Å². The zero-order valence-corrected chi connectivity index (χ0v) is 16.2. The van der Waals surface area contributed by atoms with E-state index < -0.39 is 0 Å². The van der Waals surface area contributed by atoms with Crippen LogP contribution in [0.3, 0.4) is 0 Å². The molecule has 2 heterocycles. The summed E-state index contributed by atoms with van der Waals surface area (Å²) in [5.41, 5.74) is 1.22. The largest absolute Gasteiger partial charge is 0.360 e. The Balaban J connectivity index is 1.41. The molecule has 0 bridgehead atoms. The lowest BCUT2D eigenvalue weighted by Gasteiger charge is -2.36. The molecule has 0 amide bonds. The van der Waals surface area contributed by atoms with Crippen molar-refractivity contribution >= 4 is 17.3 Å². The van der Waals surface area contributed by atoms with Crippen molar-refractivity contribution in [1.82, 2.24) is 20.2 Å². The van der Waals surface area contributed by atoms with E-state index in [9.17, 15) is 0 Å². The third kappa shape index (κ3) is 3.71. The summed E-state index contributed by atoms with van der Waals surface area (Å²) in [5.74, 6) is 1.06. The third-order valence-corrected chi connectivity index (χ3v) is 6.25. The van der Waals surface area contributed by atoms with Crippen LogP contribution in [0.1, 0.15) is 56.9 Å². The summed E-state index contributed by atoms with van der Waals surface area (Å²) in [5, 5.41) is 13.6. The van der Waals surface area contributed by atoms with E-state index in [4.69, 9.17) is 11.6 Å². The fourth-order valence-corrected chi connectivity index (χ4v) is 4.60. The molecule has 1 N–H and O–H groups in total. The summed E-state index contributed by atoms with van der Waals surface area (Å²) >= 11 is 6.15. The van der Waals surface area contributed by atoms with Gasteiger partial charge in [0.1, 0.15) is 6.04 Å². The Bertz CT molecular complexity index is 718. The molecule has 26 heavy (non-hydrogen) atoms. The number of hydrogen-bond donors (Lipinski definition) is 1. The molecule has 2 fully saturated rings. The second-order valence-corrected chi connectivity index (χ2v) is 8.06. The number of rotatable bonds is 4. The third-order valence-electron chi connectivity index (χ3n) is 6.02. The van der Waals surface area contributed by atoms with E-state index in [1.807, 2.05) is 12.1 Å². The summed E-state index contributed by atoms with van der Waals surface area (Å²) in [7, 11) is 0. The van der Waals surface area contributed by atoms with Crippen LogP contribution in [0.15, 0.2) is 24.3 Å². The Kier molecular flexibility index (Phi) is 5.41. The Morgan fingerprint density at radius 1 is 1.15 bits per heavy atom. The summed E-state index contributed by atoms with van der Waals surface area (Å²) in [4.78, 5) is 3.99. The molecular formula is C19H28ClN6+. The molecule has 4 rings (SSSR count). The highest BCUT2D eigenvalue weighted by Crippen LogP contribution is 2.28. The van der Waals surface area contributed by atoms with E-state index in [0.717, 1.165) is 37.0 Å². The smallest absolute Gasteiger partial charge is 0.209 e. The van der Waals surface area contributed by atoms with Crippen molar-refractivity contribution in [2.24, 2.45) is 0 Å². The molecule has 1 aromatic heterocycles. The molecule has 1 atom stereocenters. The van der Waals surface area contributed by atoms with Gasteiger partial charge >= 0.3 is 0 Å². The topological polar surface area (TPSA) is 51.3 Å². The second-order valence-electron chi connectivity index (χ2n) is 7.62. The van der Waals surface area contributed by atoms with Crippen LogP contribution < -0.4 is 9.80 Å². The maximum atomic E-state index is 6.15. The molecule has 0 unspecified atom stereocenters. The Morgan fingerprint density at radius 3 is 2.65 bits per heavy atom. The molecule has 1 saturated heterocycles. The van der Waals surface area contributed by atoms with Crippen molar-refractivity contribution < 1.29 is 4.90 Å². The molecule has 1 saturated carbocycles. The van der Waals surface area contributed by atoms with Gasteiger partial charge in [0, 0.05) is 10.7 Å². The van der Waals surface area contributed by atoms with E-state index in [1.165, 1.54) is 37.8 Å². The fourth-order valence-electron chi connectivity index (χ4n) is 4.41. The minimum absolute atomic E-state index is 0.327. The van der Waals surface area contributed by atoms with Crippen LogP contribution in [-0.2, 0) is 0 Å². The summed E-state index contributed by atoms with van der Waals surface area (Å²) in [6.45, 7) is 6.52. The number of benzene rings is 1. The first kappa shape index (κ1) is 17.7. The van der Waals surface area contributed by atoms with Crippen molar-refractivity contribution in [3.8, 4) is 0 Å². The SMILES string of the molecule is C[C@@H](c1nnnn1C1CCCCC1)[NH+]1CCN(c2cccc(Cl)c2)CC1. The summed E-state index contributed by atoms with van der Waals surface area (Å²) in [6.07, 6.45) is 6.36. The highest BCUT2D eigenvalue weighted by molar-refractivity contribution is 6.30. The molecule has 1 aliphatic carbocycles. The number of tetrazole rings is 1. The van der Waals surface area contributed by atoms with Gasteiger partial charge in [-0.05, 0) is 48.4 Å². The number of piperazine rings is 1. The van der Waals surface area contributed by atoms with Crippen molar-refractivity contribution in [2.45, 2.75) is 51.1 Å². The van der Waals surface area contributed by atoms with Crippen LogP contribution >= 0.6 is 11.6 Å². The Labute approximate surface area is 160 Å². The molecule has 1 aliphatic heterocycles. The van der Waals surface area contributed by atoms with Gasteiger partial charge in [-0.3, -0.25) is 0 Å². The minimum atomic E-state index is 0.327. The Morgan fingerprint density at radius 2 is 1.92 bits per heavy atom. The maximum absolute atomic E-state index is 6.15. The average molecular weight is 376 g/mol. The van der Waals surface area contributed by atoms with Gasteiger partial charge in [0.25, 0.3) is 0 Å². The standard InChI is InChI=1S/C19H27ClN6/c1-15(19-21-22-23-26(19)17-7-3-2-4-8-17)24-10-12-25(13-11-24)18-9-5-6-16(20)14-18/h5-6,9,14-15,17H,2-4,7-8,10-13H2,1H3/p+1/t15-/m0/s1. The number of aromatic nitrogens is 4. The zero-order valence-electron chi connectivity index (χ0n) is 15.4. The van der Waals surface area contributed by atoms with E-state index in [1.54, 1.807) is 4.90 Å². The highest BCUT2D eigenvalue weighted by Gasteiger charge is 2.31. The predicted molar refractivity (Wildman–Crippen MR) is 103 cm³/mol. The number of anilines is 1. The van der Waals surface area contributed by atoms with Gasteiger partial charge in [0.05, 0.1) is 32.2 Å². The molecule has 2 aromatic rings. The van der Waals surface area contributed by atoms with Crippen molar-refractivity contribution in [3.05, 3.63) is 35.1 Å². The molecule has 1 aromatic carbocycles. The van der Waals surface area contributed by atoms with Crippen molar-refractivity contribution in [1.29, 1.82) is 0 Å². The molecule has 2 aliphatic rings. The molecule has 140 valence electrons. The van der Waals surface area contributed by atoms with Gasteiger partial charge in [-0.2, -0.15) is 0 Å². The van der Waals surface area contributed by atoms with Crippen LogP contribution in [0.5, 0.6) is 0 Å². The van der Waals surface area contributed by atoms with E-state index in [-0.39, 0.29) is 0 Å². The van der Waals surface area contributed by atoms with Gasteiger partial charge in [-0.1, -0.05) is 36.9 Å². The van der Waals surface area contributed by atoms with Crippen molar-refractivity contribution in [3.63, 3.8) is 0 Å². The van der Waals surface area contributed by atoms with Gasteiger partial charge in [-0.25, -0.2) is 4.68 Å². The molecule has 6 nitrogen and oxygen atoms in total. The highest BCUT2D eigenvalue weighted by atomic mass is 35.5. The zero-order chi connectivity index (χ0) is 17.9. The lowest BCUT2D eigenvalue weighted by atomic mass is 9.95. The van der Waals surface area contributed by atoms with Gasteiger partial charge in [0.15, 0.2) is 0 Å². The number of nitrogens with zero attached hydrogens (tertiary/aromatic N) is 5. The van der Waals surface area contributed by atoms with Gasteiger partial charge in [0.2, 0.25) is 5.82 Å². The lowest BCUT2D eigenvalue weighted by Crippen LogP contribution is -3.15. The number of hydrogen-bond acceptors (Lipinski definition) is 4. The fraction of sp³-hybridized carbons (Fsp3) is 0.632. The van der Waals surface area contributed by atoms with E-state index in [2.05, 4.69) is 44.2 Å². The quantitative estimate of drug-likeness (QED) is 0.890. The molecular weight excluding hydrogens is 348 g/mol.